The number of hydrogen-bond acceptors (Lipinski definition) is 3. The molecule has 106 valence electrons. The molecule has 1 unspecified atom stereocenters. The molecule has 0 heterocycles. The van der Waals surface area contributed by atoms with Crippen LogP contribution in [0.1, 0.15) is 33.3 Å². The van der Waals surface area contributed by atoms with Crippen LogP contribution in [0.4, 0.5) is 4.39 Å². The van der Waals surface area contributed by atoms with Crippen molar-refractivity contribution in [3.63, 3.8) is 0 Å². The van der Waals surface area contributed by atoms with E-state index in [2.05, 4.69) is 0 Å². The van der Waals surface area contributed by atoms with Gasteiger partial charge in [0.1, 0.15) is 12.4 Å². The van der Waals surface area contributed by atoms with E-state index in [0.717, 1.165) is 0 Å². The Morgan fingerprint density at radius 2 is 1.95 bits per heavy atom. The summed E-state index contributed by atoms with van der Waals surface area (Å²) in [6.07, 6.45) is 0. The molecule has 3 nitrogen and oxygen atoms in total. The molecule has 0 radical (unpaired) electrons. The summed E-state index contributed by atoms with van der Waals surface area (Å²) in [5.41, 5.74) is 5.20. The van der Waals surface area contributed by atoms with Crippen molar-refractivity contribution in [3.05, 3.63) is 34.6 Å². The zero-order valence-electron chi connectivity index (χ0n) is 11.6. The SMILES string of the molecule is CC(C)(C)C(=O)OCC(C)(N)c1ccc(F)c(Cl)c1. The van der Waals surface area contributed by atoms with Crippen LogP contribution in [0.3, 0.4) is 0 Å². The Bertz CT molecular complexity index is 481. The van der Waals surface area contributed by atoms with Gasteiger partial charge in [-0.15, -0.1) is 0 Å². The van der Waals surface area contributed by atoms with E-state index in [9.17, 15) is 9.18 Å². The maximum absolute atomic E-state index is 13.1. The second-order valence-electron chi connectivity index (χ2n) is 5.87. The first-order chi connectivity index (χ1) is 8.54. The fourth-order valence-electron chi connectivity index (χ4n) is 1.37. The Hall–Kier alpha value is -1.13. The van der Waals surface area contributed by atoms with E-state index in [0.29, 0.717) is 5.56 Å². The van der Waals surface area contributed by atoms with Crippen LogP contribution in [0, 0.1) is 11.2 Å². The molecule has 0 fully saturated rings. The number of esters is 1. The predicted octanol–water partition coefficient (Wildman–Crippen LogP) is 3.24. The highest BCUT2D eigenvalue weighted by atomic mass is 35.5. The van der Waals surface area contributed by atoms with Gasteiger partial charge in [-0.2, -0.15) is 0 Å². The third-order valence-electron chi connectivity index (χ3n) is 2.69. The van der Waals surface area contributed by atoms with Gasteiger partial charge in [0, 0.05) is 0 Å². The molecule has 0 saturated heterocycles. The average Bonchev–Trinajstić information content (AvgIpc) is 2.28. The summed E-state index contributed by atoms with van der Waals surface area (Å²) in [7, 11) is 0. The van der Waals surface area contributed by atoms with Gasteiger partial charge in [0.05, 0.1) is 16.0 Å². The van der Waals surface area contributed by atoms with Crippen LogP contribution in [-0.2, 0) is 15.1 Å². The Morgan fingerprint density at radius 3 is 2.42 bits per heavy atom. The number of halogens is 2. The molecule has 0 saturated carbocycles. The molecule has 0 amide bonds. The first-order valence-electron chi connectivity index (χ1n) is 5.96. The van der Waals surface area contributed by atoms with Crippen LogP contribution in [-0.4, -0.2) is 12.6 Å². The maximum atomic E-state index is 13.1. The van der Waals surface area contributed by atoms with Crippen LogP contribution >= 0.6 is 11.6 Å². The Balaban J connectivity index is 2.81. The lowest BCUT2D eigenvalue weighted by molar-refractivity contribution is -0.154. The number of hydrogen-bond donors (Lipinski definition) is 1. The highest BCUT2D eigenvalue weighted by Gasteiger charge is 2.28. The molecule has 0 aliphatic heterocycles. The molecule has 0 aromatic heterocycles. The smallest absolute Gasteiger partial charge is 0.311 e. The van der Waals surface area contributed by atoms with E-state index in [1.165, 1.54) is 18.2 Å². The van der Waals surface area contributed by atoms with E-state index < -0.39 is 16.8 Å². The molecule has 0 aliphatic carbocycles. The van der Waals surface area contributed by atoms with Gasteiger partial charge in [-0.3, -0.25) is 4.79 Å². The van der Waals surface area contributed by atoms with Crippen LogP contribution < -0.4 is 5.73 Å². The predicted molar refractivity (Wildman–Crippen MR) is 73.4 cm³/mol. The quantitative estimate of drug-likeness (QED) is 0.868. The topological polar surface area (TPSA) is 52.3 Å². The van der Waals surface area contributed by atoms with Crippen LogP contribution in [0.5, 0.6) is 0 Å². The molecule has 1 rings (SSSR count). The molecule has 2 N–H and O–H groups in total. The minimum Gasteiger partial charge on any atom is -0.463 e. The van der Waals surface area contributed by atoms with Crippen molar-refractivity contribution >= 4 is 17.6 Å². The zero-order chi connectivity index (χ0) is 14.8. The van der Waals surface area contributed by atoms with Crippen molar-refractivity contribution in [1.82, 2.24) is 0 Å². The highest BCUT2D eigenvalue weighted by Crippen LogP contribution is 2.25. The van der Waals surface area contributed by atoms with Crippen LogP contribution in [0.25, 0.3) is 0 Å². The van der Waals surface area contributed by atoms with Gasteiger partial charge in [-0.25, -0.2) is 4.39 Å². The number of rotatable bonds is 3. The number of ether oxygens (including phenoxy) is 1. The van der Waals surface area contributed by atoms with Gasteiger partial charge in [0.25, 0.3) is 0 Å². The Morgan fingerprint density at radius 1 is 1.37 bits per heavy atom. The first-order valence-corrected chi connectivity index (χ1v) is 6.33. The van der Waals surface area contributed by atoms with E-state index >= 15 is 0 Å². The lowest BCUT2D eigenvalue weighted by Crippen LogP contribution is -2.40. The summed E-state index contributed by atoms with van der Waals surface area (Å²) in [5, 5.41) is -0.00340. The summed E-state index contributed by atoms with van der Waals surface area (Å²) in [6, 6.07) is 4.22. The molecule has 5 heteroatoms. The largest absolute Gasteiger partial charge is 0.463 e. The second kappa shape index (κ2) is 5.47. The molecule has 1 aromatic rings. The number of carbonyl (C=O) groups is 1. The van der Waals surface area contributed by atoms with E-state index in [1.54, 1.807) is 27.7 Å². The molecule has 0 spiro atoms. The highest BCUT2D eigenvalue weighted by molar-refractivity contribution is 6.30. The summed E-state index contributed by atoms with van der Waals surface area (Å²) in [4.78, 5) is 11.7. The zero-order valence-corrected chi connectivity index (χ0v) is 12.3. The second-order valence-corrected chi connectivity index (χ2v) is 6.28. The van der Waals surface area contributed by atoms with Gasteiger partial charge < -0.3 is 10.5 Å². The summed E-state index contributed by atoms with van der Waals surface area (Å²) >= 11 is 5.72. The summed E-state index contributed by atoms with van der Waals surface area (Å²) in [6.45, 7) is 6.99. The van der Waals surface area contributed by atoms with Crippen molar-refractivity contribution in [1.29, 1.82) is 0 Å². The van der Waals surface area contributed by atoms with Gasteiger partial charge in [0.2, 0.25) is 0 Å². The van der Waals surface area contributed by atoms with Crippen LogP contribution in [0.2, 0.25) is 5.02 Å². The first kappa shape index (κ1) is 15.9. The third kappa shape index (κ3) is 4.18. The molecule has 0 bridgehead atoms. The van der Waals surface area contributed by atoms with E-state index in [4.69, 9.17) is 22.1 Å². The fourth-order valence-corrected chi connectivity index (χ4v) is 1.55. The van der Waals surface area contributed by atoms with E-state index in [1.807, 2.05) is 0 Å². The van der Waals surface area contributed by atoms with Gasteiger partial charge in [-0.1, -0.05) is 17.7 Å². The summed E-state index contributed by atoms with van der Waals surface area (Å²) in [5.74, 6) is -0.842. The van der Waals surface area contributed by atoms with Crippen molar-refractivity contribution < 1.29 is 13.9 Å². The lowest BCUT2D eigenvalue weighted by atomic mass is 9.93. The molecule has 1 aromatic carbocycles. The Kier molecular flexibility index (Phi) is 4.59. The fraction of sp³-hybridized carbons (Fsp3) is 0.500. The summed E-state index contributed by atoms with van der Waals surface area (Å²) < 4.78 is 18.3. The minimum atomic E-state index is -0.918. The Labute approximate surface area is 117 Å². The van der Waals surface area contributed by atoms with Crippen molar-refractivity contribution in [2.45, 2.75) is 33.2 Å². The molecule has 1 atom stereocenters. The molecular weight excluding hydrogens is 269 g/mol. The number of benzene rings is 1. The average molecular weight is 288 g/mol. The van der Waals surface area contributed by atoms with Gasteiger partial charge in [-0.05, 0) is 45.4 Å². The number of nitrogens with two attached hydrogens (primary N) is 1. The van der Waals surface area contributed by atoms with Gasteiger partial charge >= 0.3 is 5.97 Å². The molecular formula is C14H19ClFNO2. The van der Waals surface area contributed by atoms with Crippen molar-refractivity contribution in [2.75, 3.05) is 6.61 Å². The van der Waals surface area contributed by atoms with Crippen LogP contribution in [0.15, 0.2) is 18.2 Å². The number of carbonyl (C=O) groups excluding carboxylic acids is 1. The molecule has 0 aliphatic rings. The molecule has 19 heavy (non-hydrogen) atoms. The van der Waals surface area contributed by atoms with Crippen molar-refractivity contribution in [3.8, 4) is 0 Å². The third-order valence-corrected chi connectivity index (χ3v) is 2.98. The normalized spacial score (nSPS) is 14.9. The standard InChI is InChI=1S/C14H19ClFNO2/c1-13(2,3)12(18)19-8-14(4,17)9-5-6-11(16)10(15)7-9/h5-7H,8,17H2,1-4H3. The van der Waals surface area contributed by atoms with E-state index in [-0.39, 0.29) is 17.6 Å². The minimum absolute atomic E-state index is 0.00340. The monoisotopic (exact) mass is 287 g/mol. The van der Waals surface area contributed by atoms with Gasteiger partial charge in [0.15, 0.2) is 0 Å². The maximum Gasteiger partial charge on any atom is 0.311 e. The van der Waals surface area contributed by atoms with Crippen molar-refractivity contribution in [2.24, 2.45) is 11.1 Å². The lowest BCUT2D eigenvalue weighted by Gasteiger charge is -2.27.